The number of Topliss-reactive ketones (excluding diaryl/α,β-unsaturated/α-hetero) is 1. The van der Waals surface area contributed by atoms with Gasteiger partial charge in [0.1, 0.15) is 17.4 Å². The number of nitrogens with one attached hydrogen (secondary N) is 1. The smallest absolute Gasteiger partial charge is 0.162 e. The van der Waals surface area contributed by atoms with Crippen LogP contribution in [0.25, 0.3) is 5.76 Å². The minimum absolute atomic E-state index is 0.0413. The molecule has 1 heterocycles. The number of ketones is 1. The van der Waals surface area contributed by atoms with Gasteiger partial charge in [0, 0.05) is 45.5 Å². The van der Waals surface area contributed by atoms with Crippen LogP contribution in [-0.4, -0.2) is 16.7 Å². The molecule has 0 aromatic heterocycles. The zero-order valence-electron chi connectivity index (χ0n) is 20.1. The minimum Gasteiger partial charge on any atom is -0.507 e. The molecule has 0 fully saturated rings. The zero-order valence-corrected chi connectivity index (χ0v) is 20.8. The molecular weight excluding hydrogens is 475 g/mol. The molecule has 0 saturated heterocycles. The Morgan fingerprint density at radius 1 is 1.00 bits per heavy atom. The van der Waals surface area contributed by atoms with Gasteiger partial charge in [0.15, 0.2) is 5.78 Å². The van der Waals surface area contributed by atoms with Crippen LogP contribution < -0.4 is 4.90 Å². The van der Waals surface area contributed by atoms with Gasteiger partial charge >= 0.3 is 0 Å². The van der Waals surface area contributed by atoms with Crippen molar-refractivity contribution < 1.29 is 14.3 Å². The topological polar surface area (TPSA) is 64.4 Å². The van der Waals surface area contributed by atoms with E-state index < -0.39 is 11.7 Å². The van der Waals surface area contributed by atoms with Crippen molar-refractivity contribution in [1.29, 1.82) is 5.41 Å². The Bertz CT molecular complexity index is 1410. The normalized spacial score (nSPS) is 20.9. The summed E-state index contributed by atoms with van der Waals surface area (Å²) in [6, 6.07) is 22.0. The molecule has 4 nitrogen and oxygen atoms in total. The number of aliphatic hydroxyl groups is 1. The summed E-state index contributed by atoms with van der Waals surface area (Å²) in [5.41, 5.74) is 3.11. The van der Waals surface area contributed by atoms with E-state index in [1.807, 2.05) is 32.0 Å². The first-order valence-electron chi connectivity index (χ1n) is 11.8. The second kappa shape index (κ2) is 9.07. The predicted molar refractivity (Wildman–Crippen MR) is 142 cm³/mol. The fourth-order valence-corrected chi connectivity index (χ4v) is 5.36. The molecule has 3 aromatic rings. The van der Waals surface area contributed by atoms with E-state index in [4.69, 9.17) is 11.6 Å². The van der Waals surface area contributed by atoms with E-state index >= 15 is 0 Å². The Hall–Kier alpha value is -3.70. The lowest BCUT2D eigenvalue weighted by atomic mass is 9.67. The average molecular weight is 501 g/mol. The molecule has 0 bridgehead atoms. The number of allylic oxidation sites excluding steroid dienone is 2. The van der Waals surface area contributed by atoms with E-state index in [1.54, 1.807) is 53.4 Å². The molecule has 5 rings (SSSR count). The summed E-state index contributed by atoms with van der Waals surface area (Å²) in [5, 5.41) is 21.5. The van der Waals surface area contributed by atoms with Gasteiger partial charge in [0.2, 0.25) is 0 Å². The highest BCUT2D eigenvalue weighted by atomic mass is 35.5. The molecule has 0 amide bonds. The van der Waals surface area contributed by atoms with Crippen LogP contribution in [0.2, 0.25) is 5.02 Å². The second-order valence-corrected chi connectivity index (χ2v) is 10.5. The van der Waals surface area contributed by atoms with Gasteiger partial charge in [-0.1, -0.05) is 67.9 Å². The Balaban J connectivity index is 1.84. The van der Waals surface area contributed by atoms with Crippen molar-refractivity contribution in [3.8, 4) is 0 Å². The molecule has 1 aliphatic carbocycles. The minimum atomic E-state index is -0.708. The number of benzene rings is 3. The molecule has 182 valence electrons. The molecule has 0 spiro atoms. The maximum atomic E-state index is 13.9. The SMILES string of the molecule is CC1(C)CC(=O)C2=C(C1)N(c1ccc(Cl)cc1)C(=N)/C(=C(/O)c1ccccc1)C2c1ccc(F)cc1. The lowest BCUT2D eigenvalue weighted by molar-refractivity contribution is -0.118. The van der Waals surface area contributed by atoms with Crippen molar-refractivity contribution in [2.24, 2.45) is 5.41 Å². The first-order chi connectivity index (χ1) is 17.2. The number of hydrogen-bond acceptors (Lipinski definition) is 3. The number of halogens is 2. The molecule has 0 saturated carbocycles. The molecular formula is C30H26ClFN2O2. The van der Waals surface area contributed by atoms with Gasteiger partial charge in [-0.3, -0.25) is 15.1 Å². The molecule has 1 atom stereocenters. The summed E-state index contributed by atoms with van der Waals surface area (Å²) in [6.45, 7) is 4.08. The maximum absolute atomic E-state index is 13.9. The van der Waals surface area contributed by atoms with E-state index in [1.165, 1.54) is 12.1 Å². The van der Waals surface area contributed by atoms with Crippen molar-refractivity contribution in [2.45, 2.75) is 32.6 Å². The number of nitrogens with zero attached hydrogens (tertiary/aromatic N) is 1. The van der Waals surface area contributed by atoms with Crippen LogP contribution in [-0.2, 0) is 4.79 Å². The van der Waals surface area contributed by atoms with E-state index in [9.17, 15) is 19.7 Å². The summed E-state index contributed by atoms with van der Waals surface area (Å²) in [7, 11) is 0. The van der Waals surface area contributed by atoms with Gasteiger partial charge in [0.25, 0.3) is 0 Å². The monoisotopic (exact) mass is 500 g/mol. The van der Waals surface area contributed by atoms with Crippen LogP contribution in [0.3, 0.4) is 0 Å². The summed E-state index contributed by atoms with van der Waals surface area (Å²) in [6.07, 6.45) is 0.904. The second-order valence-electron chi connectivity index (χ2n) is 10.1. The molecule has 0 radical (unpaired) electrons. The summed E-state index contributed by atoms with van der Waals surface area (Å²) >= 11 is 6.15. The Kier molecular flexibility index (Phi) is 6.05. The van der Waals surface area contributed by atoms with Crippen LogP contribution in [0.5, 0.6) is 0 Å². The van der Waals surface area contributed by atoms with Gasteiger partial charge in [-0.05, 0) is 53.8 Å². The van der Waals surface area contributed by atoms with Crippen LogP contribution in [0, 0.1) is 16.6 Å². The number of carbonyl (C=O) groups excluding carboxylic acids is 1. The Morgan fingerprint density at radius 3 is 2.28 bits per heavy atom. The van der Waals surface area contributed by atoms with E-state index in [2.05, 4.69) is 0 Å². The fraction of sp³-hybridized carbons (Fsp3) is 0.200. The number of rotatable bonds is 3. The van der Waals surface area contributed by atoms with Gasteiger partial charge in [-0.2, -0.15) is 0 Å². The van der Waals surface area contributed by atoms with Gasteiger partial charge in [-0.15, -0.1) is 0 Å². The highest BCUT2D eigenvalue weighted by Crippen LogP contribution is 2.51. The molecule has 1 unspecified atom stereocenters. The number of carbonyl (C=O) groups is 1. The van der Waals surface area contributed by atoms with Crippen LogP contribution in [0.1, 0.15) is 43.7 Å². The largest absolute Gasteiger partial charge is 0.507 e. The number of aliphatic hydroxyl groups excluding tert-OH is 1. The zero-order chi connectivity index (χ0) is 25.6. The fourth-order valence-electron chi connectivity index (χ4n) is 5.23. The maximum Gasteiger partial charge on any atom is 0.162 e. The van der Waals surface area contributed by atoms with Crippen LogP contribution in [0.15, 0.2) is 95.7 Å². The summed E-state index contributed by atoms with van der Waals surface area (Å²) in [5.74, 6) is -1.16. The van der Waals surface area contributed by atoms with Gasteiger partial charge in [-0.25, -0.2) is 4.39 Å². The van der Waals surface area contributed by atoms with E-state index in [-0.39, 0.29) is 22.8 Å². The number of hydrogen-bond donors (Lipinski definition) is 2. The van der Waals surface area contributed by atoms with Crippen LogP contribution in [0.4, 0.5) is 10.1 Å². The molecule has 2 aliphatic rings. The average Bonchev–Trinajstić information content (AvgIpc) is 2.84. The first-order valence-corrected chi connectivity index (χ1v) is 12.2. The number of amidine groups is 1. The van der Waals surface area contributed by atoms with Gasteiger partial charge < -0.3 is 5.11 Å². The van der Waals surface area contributed by atoms with Crippen molar-refractivity contribution in [3.63, 3.8) is 0 Å². The molecule has 6 heteroatoms. The first kappa shape index (κ1) is 24.0. The Morgan fingerprint density at radius 2 is 1.64 bits per heavy atom. The molecule has 2 N–H and O–H groups in total. The lowest BCUT2D eigenvalue weighted by Crippen LogP contribution is -2.45. The Labute approximate surface area is 214 Å². The lowest BCUT2D eigenvalue weighted by Gasteiger charge is -2.45. The predicted octanol–water partition coefficient (Wildman–Crippen LogP) is 7.67. The summed E-state index contributed by atoms with van der Waals surface area (Å²) < 4.78 is 13.9. The third kappa shape index (κ3) is 4.24. The molecule has 3 aromatic carbocycles. The highest BCUT2D eigenvalue weighted by Gasteiger charge is 2.46. The molecule has 36 heavy (non-hydrogen) atoms. The van der Waals surface area contributed by atoms with Crippen molar-refractivity contribution in [1.82, 2.24) is 0 Å². The highest BCUT2D eigenvalue weighted by molar-refractivity contribution is 6.30. The van der Waals surface area contributed by atoms with E-state index in [0.717, 1.165) is 5.70 Å². The van der Waals surface area contributed by atoms with Crippen molar-refractivity contribution in [2.75, 3.05) is 4.90 Å². The van der Waals surface area contributed by atoms with Crippen LogP contribution >= 0.6 is 11.6 Å². The summed E-state index contributed by atoms with van der Waals surface area (Å²) in [4.78, 5) is 15.5. The van der Waals surface area contributed by atoms with Crippen molar-refractivity contribution in [3.05, 3.63) is 118 Å². The van der Waals surface area contributed by atoms with Crippen molar-refractivity contribution >= 4 is 34.7 Å². The third-order valence-electron chi connectivity index (χ3n) is 6.81. The third-order valence-corrected chi connectivity index (χ3v) is 7.06. The molecule has 1 aliphatic heterocycles. The number of anilines is 1. The van der Waals surface area contributed by atoms with Gasteiger partial charge in [0.05, 0.1) is 0 Å². The quantitative estimate of drug-likeness (QED) is 0.362. The van der Waals surface area contributed by atoms with E-state index in [0.29, 0.717) is 45.8 Å². The standard InChI is InChI=1S/C30H26ClFN2O2/c1-30(2)16-23-26(24(35)17-30)25(18-8-12-21(32)13-9-18)27(28(36)19-6-4-3-5-7-19)29(33)34(23)22-14-10-20(31)11-15-22/h3-15,25,33,36H,16-17H2,1-2H3/b28-27+,33-29?.